The lowest BCUT2D eigenvalue weighted by atomic mass is 10.0. The number of benzene rings is 2. The lowest BCUT2D eigenvalue weighted by Crippen LogP contribution is -2.09. The van der Waals surface area contributed by atoms with Crippen molar-refractivity contribution in [2.45, 2.75) is 0 Å². The minimum Gasteiger partial charge on any atom is -0.288 e. The van der Waals surface area contributed by atoms with Crippen LogP contribution in [0.5, 0.6) is 0 Å². The minimum atomic E-state index is -1.05. The van der Waals surface area contributed by atoms with Gasteiger partial charge in [-0.15, -0.1) is 0 Å². The van der Waals surface area contributed by atoms with Crippen molar-refractivity contribution in [3.8, 4) is 0 Å². The third-order valence-corrected chi connectivity index (χ3v) is 3.46. The second-order valence-corrected chi connectivity index (χ2v) is 4.88. The maximum absolute atomic E-state index is 13.8. The van der Waals surface area contributed by atoms with Crippen molar-refractivity contribution in [3.05, 3.63) is 68.4 Å². The van der Waals surface area contributed by atoms with Crippen LogP contribution in [0, 0.1) is 17.5 Å². The van der Waals surface area contributed by atoms with Crippen molar-refractivity contribution in [2.24, 2.45) is 0 Å². The van der Waals surface area contributed by atoms with Gasteiger partial charge in [0.25, 0.3) is 0 Å². The normalized spacial score (nSPS) is 10.6. The number of hydrogen-bond donors (Lipinski definition) is 0. The molecular formula is C13H5BrClF3O. The molecule has 2 rings (SSSR count). The Hall–Kier alpha value is -1.33. The Balaban J connectivity index is 2.63. The average Bonchev–Trinajstić information content (AvgIpc) is 2.37. The van der Waals surface area contributed by atoms with Crippen LogP contribution in [-0.2, 0) is 0 Å². The van der Waals surface area contributed by atoms with E-state index in [9.17, 15) is 18.0 Å². The predicted molar refractivity (Wildman–Crippen MR) is 68.9 cm³/mol. The molecule has 2 aromatic rings. The van der Waals surface area contributed by atoms with Crippen molar-refractivity contribution in [2.75, 3.05) is 0 Å². The number of rotatable bonds is 2. The van der Waals surface area contributed by atoms with Gasteiger partial charge in [0.1, 0.15) is 11.6 Å². The summed E-state index contributed by atoms with van der Waals surface area (Å²) in [5.41, 5.74) is -1.07. The molecule has 2 aromatic carbocycles. The summed E-state index contributed by atoms with van der Waals surface area (Å²) in [6.45, 7) is 0. The van der Waals surface area contributed by atoms with E-state index < -0.39 is 33.8 Å². The smallest absolute Gasteiger partial charge is 0.200 e. The molecular weight excluding hydrogens is 344 g/mol. The number of ketones is 1. The molecule has 0 aliphatic heterocycles. The number of carbonyl (C=O) groups excluding carboxylic acids is 1. The molecule has 0 unspecified atom stereocenters. The first-order valence-electron chi connectivity index (χ1n) is 5.05. The quantitative estimate of drug-likeness (QED) is 0.565. The van der Waals surface area contributed by atoms with Crippen LogP contribution in [0.2, 0.25) is 5.02 Å². The molecule has 6 heteroatoms. The summed E-state index contributed by atoms with van der Waals surface area (Å²) in [6.07, 6.45) is 0. The molecule has 1 nitrogen and oxygen atoms in total. The molecule has 0 aromatic heterocycles. The van der Waals surface area contributed by atoms with Gasteiger partial charge in [0.05, 0.1) is 15.1 Å². The fourth-order valence-electron chi connectivity index (χ4n) is 1.55. The Labute approximate surface area is 120 Å². The van der Waals surface area contributed by atoms with E-state index >= 15 is 0 Å². The molecule has 0 saturated carbocycles. The molecule has 0 radical (unpaired) electrons. The van der Waals surface area contributed by atoms with Gasteiger partial charge in [-0.2, -0.15) is 0 Å². The third-order valence-electron chi connectivity index (χ3n) is 2.47. The Morgan fingerprint density at radius 2 is 1.74 bits per heavy atom. The fraction of sp³-hybridized carbons (Fsp3) is 0. The number of hydrogen-bond acceptors (Lipinski definition) is 1. The monoisotopic (exact) mass is 348 g/mol. The fourth-order valence-corrected chi connectivity index (χ4v) is 2.09. The maximum atomic E-state index is 13.8. The van der Waals surface area contributed by atoms with Crippen molar-refractivity contribution >= 4 is 33.3 Å². The SMILES string of the molecule is O=C(c1cccc(F)c1Cl)c1c(F)ccc(Br)c1F. The molecule has 19 heavy (non-hydrogen) atoms. The van der Waals surface area contributed by atoms with Gasteiger partial charge in [-0.3, -0.25) is 4.79 Å². The Morgan fingerprint density at radius 3 is 2.42 bits per heavy atom. The summed E-state index contributed by atoms with van der Waals surface area (Å²) in [7, 11) is 0. The zero-order valence-corrected chi connectivity index (χ0v) is 11.5. The van der Waals surface area contributed by atoms with E-state index in [0.717, 1.165) is 18.2 Å². The Bertz CT molecular complexity index is 673. The topological polar surface area (TPSA) is 17.1 Å². The van der Waals surface area contributed by atoms with E-state index in [2.05, 4.69) is 15.9 Å². The van der Waals surface area contributed by atoms with Crippen LogP contribution < -0.4 is 0 Å². The molecule has 98 valence electrons. The van der Waals surface area contributed by atoms with E-state index in [4.69, 9.17) is 11.6 Å². The van der Waals surface area contributed by atoms with Crippen LogP contribution in [-0.4, -0.2) is 5.78 Å². The maximum Gasteiger partial charge on any atom is 0.200 e. The van der Waals surface area contributed by atoms with Crippen molar-refractivity contribution in [3.63, 3.8) is 0 Å². The highest BCUT2D eigenvalue weighted by atomic mass is 79.9. The van der Waals surface area contributed by atoms with Crippen LogP contribution in [0.1, 0.15) is 15.9 Å². The standard InChI is InChI=1S/C13H5BrClF3O/c14-7-4-5-8(16)10(12(7)18)13(19)6-2-1-3-9(17)11(6)15/h1-5H. The van der Waals surface area contributed by atoms with Gasteiger partial charge >= 0.3 is 0 Å². The van der Waals surface area contributed by atoms with Crippen LogP contribution >= 0.6 is 27.5 Å². The molecule has 0 spiro atoms. The molecule has 0 bridgehead atoms. The second kappa shape index (κ2) is 5.35. The molecule has 0 atom stereocenters. The van der Waals surface area contributed by atoms with Crippen LogP contribution in [0.25, 0.3) is 0 Å². The summed E-state index contributed by atoms with van der Waals surface area (Å²) in [5.74, 6) is -3.93. The minimum absolute atomic E-state index is 0.0650. The lowest BCUT2D eigenvalue weighted by Gasteiger charge is -2.07. The first-order chi connectivity index (χ1) is 8.93. The Morgan fingerprint density at radius 1 is 1.05 bits per heavy atom. The summed E-state index contributed by atoms with van der Waals surface area (Å²) in [6, 6.07) is 5.56. The zero-order valence-electron chi connectivity index (χ0n) is 9.18. The predicted octanol–water partition coefficient (Wildman–Crippen LogP) is 4.75. The highest BCUT2D eigenvalue weighted by Gasteiger charge is 2.23. The van der Waals surface area contributed by atoms with Crippen LogP contribution in [0.3, 0.4) is 0 Å². The molecule has 0 aliphatic rings. The highest BCUT2D eigenvalue weighted by Crippen LogP contribution is 2.27. The first-order valence-corrected chi connectivity index (χ1v) is 6.22. The van der Waals surface area contributed by atoms with Gasteiger partial charge in [0.2, 0.25) is 5.78 Å². The number of carbonyl (C=O) groups is 1. The van der Waals surface area contributed by atoms with Gasteiger partial charge in [0, 0.05) is 5.56 Å². The van der Waals surface area contributed by atoms with Gasteiger partial charge in [-0.1, -0.05) is 17.7 Å². The molecule has 0 heterocycles. The zero-order chi connectivity index (χ0) is 14.2. The van der Waals surface area contributed by atoms with E-state index in [1.165, 1.54) is 12.1 Å². The molecule has 0 N–H and O–H groups in total. The van der Waals surface area contributed by atoms with E-state index in [-0.39, 0.29) is 10.0 Å². The highest BCUT2D eigenvalue weighted by molar-refractivity contribution is 9.10. The third kappa shape index (κ3) is 2.53. The van der Waals surface area contributed by atoms with Crippen molar-refractivity contribution in [1.29, 1.82) is 0 Å². The van der Waals surface area contributed by atoms with Crippen LogP contribution in [0.4, 0.5) is 13.2 Å². The molecule has 0 saturated heterocycles. The second-order valence-electron chi connectivity index (χ2n) is 3.65. The summed E-state index contributed by atoms with van der Waals surface area (Å²) < 4.78 is 40.6. The summed E-state index contributed by atoms with van der Waals surface area (Å²) in [5, 5.41) is -0.466. The molecule has 0 fully saturated rings. The van der Waals surface area contributed by atoms with E-state index in [1.807, 2.05) is 0 Å². The lowest BCUT2D eigenvalue weighted by molar-refractivity contribution is 0.103. The van der Waals surface area contributed by atoms with E-state index in [0.29, 0.717) is 0 Å². The van der Waals surface area contributed by atoms with Crippen LogP contribution in [0.15, 0.2) is 34.8 Å². The van der Waals surface area contributed by atoms with E-state index in [1.54, 1.807) is 0 Å². The molecule has 0 aliphatic carbocycles. The van der Waals surface area contributed by atoms with Gasteiger partial charge in [-0.05, 0) is 40.2 Å². The number of halogens is 5. The molecule has 0 amide bonds. The van der Waals surface area contributed by atoms with Gasteiger partial charge in [-0.25, -0.2) is 13.2 Å². The van der Waals surface area contributed by atoms with Gasteiger partial charge < -0.3 is 0 Å². The Kier molecular flexibility index (Phi) is 3.96. The summed E-state index contributed by atoms with van der Waals surface area (Å²) in [4.78, 5) is 12.1. The first kappa shape index (κ1) is 14.1. The average molecular weight is 350 g/mol. The van der Waals surface area contributed by atoms with Gasteiger partial charge in [0.15, 0.2) is 5.82 Å². The largest absolute Gasteiger partial charge is 0.288 e. The van der Waals surface area contributed by atoms with Crippen molar-refractivity contribution in [1.82, 2.24) is 0 Å². The van der Waals surface area contributed by atoms with Crippen molar-refractivity contribution < 1.29 is 18.0 Å². The summed E-state index contributed by atoms with van der Waals surface area (Å²) >= 11 is 8.48.